The van der Waals surface area contributed by atoms with E-state index in [-0.39, 0.29) is 17.3 Å². The molecule has 0 bridgehead atoms. The molecule has 128 valence electrons. The van der Waals surface area contributed by atoms with Crippen LogP contribution in [-0.4, -0.2) is 34.2 Å². The van der Waals surface area contributed by atoms with Crippen LogP contribution in [0.1, 0.15) is 15.9 Å². The zero-order valence-electron chi connectivity index (χ0n) is 13.5. The van der Waals surface area contributed by atoms with E-state index in [0.29, 0.717) is 18.7 Å². The van der Waals surface area contributed by atoms with Crippen LogP contribution in [0.3, 0.4) is 0 Å². The lowest BCUT2D eigenvalue weighted by atomic mass is 10.1. The van der Waals surface area contributed by atoms with Crippen LogP contribution in [0.25, 0.3) is 0 Å². The number of halogens is 1. The topological polar surface area (TPSA) is 66.5 Å². The lowest BCUT2D eigenvalue weighted by Crippen LogP contribution is -2.30. The van der Waals surface area contributed by atoms with Crippen LogP contribution in [-0.2, 0) is 16.4 Å². The average molecular weight is 350 g/mol. The lowest BCUT2D eigenvalue weighted by molar-refractivity contribution is 0.0955. The van der Waals surface area contributed by atoms with Gasteiger partial charge in [-0.25, -0.2) is 12.8 Å². The van der Waals surface area contributed by atoms with Crippen molar-refractivity contribution in [2.24, 2.45) is 0 Å². The van der Waals surface area contributed by atoms with Crippen LogP contribution < -0.4 is 9.62 Å². The Hall–Kier alpha value is -2.41. The van der Waals surface area contributed by atoms with E-state index in [0.717, 1.165) is 16.1 Å². The Balaban J connectivity index is 2.06. The van der Waals surface area contributed by atoms with Crippen LogP contribution in [0.4, 0.5) is 10.1 Å². The Morgan fingerprint density at radius 3 is 2.38 bits per heavy atom. The maximum atomic E-state index is 12.9. The molecule has 0 aliphatic heterocycles. The molecule has 0 aromatic heterocycles. The SMILES string of the molecule is CN(c1ccccc1C(=O)NCCc1ccc(F)cc1)S(C)(=O)=O. The molecule has 0 saturated heterocycles. The molecule has 24 heavy (non-hydrogen) atoms. The maximum absolute atomic E-state index is 12.9. The Morgan fingerprint density at radius 2 is 1.75 bits per heavy atom. The summed E-state index contributed by atoms with van der Waals surface area (Å²) >= 11 is 0. The molecule has 0 aliphatic rings. The number of nitrogens with one attached hydrogen (secondary N) is 1. The van der Waals surface area contributed by atoms with Gasteiger partial charge in [-0.2, -0.15) is 0 Å². The number of carbonyl (C=O) groups is 1. The van der Waals surface area contributed by atoms with Crippen molar-refractivity contribution in [3.05, 3.63) is 65.5 Å². The van der Waals surface area contributed by atoms with E-state index in [1.807, 2.05) is 0 Å². The first kappa shape index (κ1) is 17.9. The van der Waals surface area contributed by atoms with Crippen LogP contribution >= 0.6 is 0 Å². The van der Waals surface area contributed by atoms with Crippen LogP contribution in [0.5, 0.6) is 0 Å². The molecule has 2 aromatic carbocycles. The Labute approximate surface area is 141 Å². The summed E-state index contributed by atoms with van der Waals surface area (Å²) < 4.78 is 37.3. The highest BCUT2D eigenvalue weighted by atomic mass is 32.2. The van der Waals surface area contributed by atoms with Crippen LogP contribution in [0, 0.1) is 5.82 Å². The number of hydrogen-bond donors (Lipinski definition) is 1. The van der Waals surface area contributed by atoms with E-state index in [1.54, 1.807) is 36.4 Å². The minimum Gasteiger partial charge on any atom is -0.352 e. The summed E-state index contributed by atoms with van der Waals surface area (Å²) in [7, 11) is -2.06. The highest BCUT2D eigenvalue weighted by Crippen LogP contribution is 2.21. The van der Waals surface area contributed by atoms with Crippen molar-refractivity contribution >= 4 is 21.6 Å². The highest BCUT2D eigenvalue weighted by Gasteiger charge is 2.19. The van der Waals surface area contributed by atoms with E-state index in [4.69, 9.17) is 0 Å². The van der Waals surface area contributed by atoms with Crippen molar-refractivity contribution in [2.75, 3.05) is 24.2 Å². The molecule has 0 fully saturated rings. The zero-order chi connectivity index (χ0) is 17.7. The number of nitrogens with zero attached hydrogens (tertiary/aromatic N) is 1. The normalized spacial score (nSPS) is 11.1. The molecule has 0 spiro atoms. The van der Waals surface area contributed by atoms with Gasteiger partial charge in [-0.3, -0.25) is 9.10 Å². The predicted octanol–water partition coefficient (Wildman–Crippen LogP) is 2.19. The first-order valence-corrected chi connectivity index (χ1v) is 9.19. The molecule has 0 saturated carbocycles. The Kier molecular flexibility index (Phi) is 5.56. The third kappa shape index (κ3) is 4.55. The van der Waals surface area contributed by atoms with Crippen molar-refractivity contribution in [1.29, 1.82) is 0 Å². The molecule has 0 atom stereocenters. The second kappa shape index (κ2) is 7.44. The molecular weight excluding hydrogens is 331 g/mol. The molecule has 0 radical (unpaired) electrons. The van der Waals surface area contributed by atoms with Crippen molar-refractivity contribution in [3.8, 4) is 0 Å². The van der Waals surface area contributed by atoms with E-state index >= 15 is 0 Å². The molecule has 0 unspecified atom stereocenters. The summed E-state index contributed by atoms with van der Waals surface area (Å²) in [5.74, 6) is -0.663. The van der Waals surface area contributed by atoms with Gasteiger partial charge in [-0.05, 0) is 36.2 Å². The standard InChI is InChI=1S/C17H19FN2O3S/c1-20(24(2,22)23)16-6-4-3-5-15(16)17(21)19-12-11-13-7-9-14(18)10-8-13/h3-10H,11-12H2,1-2H3,(H,19,21). The van der Waals surface area contributed by atoms with E-state index < -0.39 is 10.0 Å². The molecule has 1 amide bonds. The van der Waals surface area contributed by atoms with Gasteiger partial charge in [0.05, 0.1) is 17.5 Å². The van der Waals surface area contributed by atoms with Gasteiger partial charge in [-0.1, -0.05) is 24.3 Å². The number of rotatable bonds is 6. The lowest BCUT2D eigenvalue weighted by Gasteiger charge is -2.19. The second-order valence-electron chi connectivity index (χ2n) is 5.38. The van der Waals surface area contributed by atoms with Crippen molar-refractivity contribution in [1.82, 2.24) is 5.32 Å². The largest absolute Gasteiger partial charge is 0.352 e. The molecule has 0 aliphatic carbocycles. The van der Waals surface area contributed by atoms with Crippen LogP contribution in [0.15, 0.2) is 48.5 Å². The van der Waals surface area contributed by atoms with Crippen LogP contribution in [0.2, 0.25) is 0 Å². The number of hydrogen-bond acceptors (Lipinski definition) is 3. The van der Waals surface area contributed by atoms with Gasteiger partial charge in [0.15, 0.2) is 0 Å². The molecule has 2 aromatic rings. The summed E-state index contributed by atoms with van der Waals surface area (Å²) in [6.45, 7) is 0.362. The van der Waals surface area contributed by atoms with Crippen molar-refractivity contribution < 1.29 is 17.6 Å². The summed E-state index contributed by atoms with van der Waals surface area (Å²) in [5.41, 5.74) is 1.50. The smallest absolute Gasteiger partial charge is 0.253 e. The minimum atomic E-state index is -3.46. The molecule has 2 rings (SSSR count). The van der Waals surface area contributed by atoms with Gasteiger partial charge in [-0.15, -0.1) is 0 Å². The molecule has 0 heterocycles. The van der Waals surface area contributed by atoms with E-state index in [1.165, 1.54) is 19.2 Å². The number of anilines is 1. The number of amides is 1. The summed E-state index contributed by atoms with van der Waals surface area (Å²) in [6, 6.07) is 12.6. The average Bonchev–Trinajstić information content (AvgIpc) is 2.55. The third-order valence-corrected chi connectivity index (χ3v) is 4.79. The number of para-hydroxylation sites is 1. The zero-order valence-corrected chi connectivity index (χ0v) is 14.3. The maximum Gasteiger partial charge on any atom is 0.253 e. The summed E-state index contributed by atoms with van der Waals surface area (Å²) in [6.07, 6.45) is 1.63. The van der Waals surface area contributed by atoms with Gasteiger partial charge < -0.3 is 5.32 Å². The third-order valence-electron chi connectivity index (χ3n) is 3.60. The van der Waals surface area contributed by atoms with E-state index in [2.05, 4.69) is 5.32 Å². The molecule has 1 N–H and O–H groups in total. The van der Waals surface area contributed by atoms with Crippen molar-refractivity contribution in [2.45, 2.75) is 6.42 Å². The fraction of sp³-hybridized carbons (Fsp3) is 0.235. The quantitative estimate of drug-likeness (QED) is 0.868. The fourth-order valence-electron chi connectivity index (χ4n) is 2.19. The minimum absolute atomic E-state index is 0.282. The van der Waals surface area contributed by atoms with Gasteiger partial charge in [0.25, 0.3) is 5.91 Å². The Bertz CT molecular complexity index is 820. The Morgan fingerprint density at radius 1 is 1.12 bits per heavy atom. The summed E-state index contributed by atoms with van der Waals surface area (Å²) in [4.78, 5) is 12.3. The monoisotopic (exact) mass is 350 g/mol. The second-order valence-corrected chi connectivity index (χ2v) is 7.39. The predicted molar refractivity (Wildman–Crippen MR) is 92.1 cm³/mol. The van der Waals surface area contributed by atoms with Gasteiger partial charge in [0.1, 0.15) is 5.82 Å². The number of benzene rings is 2. The molecular formula is C17H19FN2O3S. The fourth-order valence-corrected chi connectivity index (χ4v) is 2.70. The first-order chi connectivity index (χ1) is 11.3. The molecule has 5 nitrogen and oxygen atoms in total. The van der Waals surface area contributed by atoms with Gasteiger partial charge in [0.2, 0.25) is 10.0 Å². The number of carbonyl (C=O) groups excluding carboxylic acids is 1. The molecule has 7 heteroatoms. The first-order valence-electron chi connectivity index (χ1n) is 7.34. The van der Waals surface area contributed by atoms with Gasteiger partial charge >= 0.3 is 0 Å². The van der Waals surface area contributed by atoms with Gasteiger partial charge in [0, 0.05) is 13.6 Å². The summed E-state index contributed by atoms with van der Waals surface area (Å²) in [5, 5.41) is 2.75. The number of sulfonamides is 1. The van der Waals surface area contributed by atoms with E-state index in [9.17, 15) is 17.6 Å². The highest BCUT2D eigenvalue weighted by molar-refractivity contribution is 7.92. The van der Waals surface area contributed by atoms with Crippen molar-refractivity contribution in [3.63, 3.8) is 0 Å².